The van der Waals surface area contributed by atoms with Crippen LogP contribution in [0.1, 0.15) is 40.4 Å². The van der Waals surface area contributed by atoms with Gasteiger partial charge in [0.2, 0.25) is 0 Å². The molecule has 104 valence electrons. The van der Waals surface area contributed by atoms with Crippen LogP contribution in [0.4, 0.5) is 0 Å². The van der Waals surface area contributed by atoms with Crippen LogP contribution in [0, 0.1) is 0 Å². The summed E-state index contributed by atoms with van der Waals surface area (Å²) in [6.07, 6.45) is 2.58. The summed E-state index contributed by atoms with van der Waals surface area (Å²) >= 11 is 0. The van der Waals surface area contributed by atoms with E-state index in [1.807, 2.05) is 18.2 Å². The number of carboxylic acids is 1. The lowest BCUT2D eigenvalue weighted by molar-refractivity contribution is 0.0693. The maximum atomic E-state index is 11.0. The molecule has 0 amide bonds. The molecule has 0 saturated heterocycles. The first kappa shape index (κ1) is 14.1. The maximum absolute atomic E-state index is 11.0. The molecule has 0 radical (unpaired) electrons. The average Bonchev–Trinajstić information content (AvgIpc) is 2.43. The van der Waals surface area contributed by atoms with Crippen LogP contribution in [0.2, 0.25) is 0 Å². The maximum Gasteiger partial charge on any atom is 0.339 e. The van der Waals surface area contributed by atoms with Gasteiger partial charge in [-0.2, -0.15) is 0 Å². The first-order valence-electron chi connectivity index (χ1n) is 6.74. The Labute approximate surface area is 118 Å². The van der Waals surface area contributed by atoms with Gasteiger partial charge in [0.05, 0.1) is 0 Å². The van der Waals surface area contributed by atoms with Crippen LogP contribution in [-0.4, -0.2) is 16.2 Å². The van der Waals surface area contributed by atoms with Crippen molar-refractivity contribution in [3.63, 3.8) is 0 Å². The molecule has 20 heavy (non-hydrogen) atoms. The molecule has 0 aliphatic carbocycles. The van der Waals surface area contributed by atoms with Gasteiger partial charge in [-0.15, -0.1) is 0 Å². The number of aromatic hydroxyl groups is 1. The second kappa shape index (κ2) is 6.24. The monoisotopic (exact) mass is 270 g/mol. The van der Waals surface area contributed by atoms with Crippen LogP contribution in [0.3, 0.4) is 0 Å². The number of para-hydroxylation sites is 1. The zero-order valence-electron chi connectivity index (χ0n) is 11.5. The molecule has 0 aliphatic heterocycles. The van der Waals surface area contributed by atoms with Gasteiger partial charge in [0.1, 0.15) is 11.3 Å². The molecule has 0 bridgehead atoms. The van der Waals surface area contributed by atoms with Gasteiger partial charge >= 0.3 is 5.97 Å². The van der Waals surface area contributed by atoms with Crippen LogP contribution in [0.5, 0.6) is 5.75 Å². The number of benzene rings is 2. The second-order valence-electron chi connectivity index (χ2n) is 4.81. The van der Waals surface area contributed by atoms with E-state index < -0.39 is 5.97 Å². The van der Waals surface area contributed by atoms with Gasteiger partial charge in [-0.05, 0) is 29.2 Å². The highest BCUT2D eigenvalue weighted by Gasteiger charge is 2.13. The number of carbonyl (C=O) groups is 1. The van der Waals surface area contributed by atoms with Crippen molar-refractivity contribution in [2.75, 3.05) is 0 Å². The molecule has 2 aromatic carbocycles. The normalized spacial score (nSPS) is 10.4. The third-order valence-corrected chi connectivity index (χ3v) is 3.37. The first-order valence-corrected chi connectivity index (χ1v) is 6.74. The fourth-order valence-electron chi connectivity index (χ4n) is 2.35. The van der Waals surface area contributed by atoms with Gasteiger partial charge in [-0.3, -0.25) is 0 Å². The van der Waals surface area contributed by atoms with Crippen molar-refractivity contribution in [2.24, 2.45) is 0 Å². The largest absolute Gasteiger partial charge is 0.507 e. The lowest BCUT2D eigenvalue weighted by Crippen LogP contribution is -2.01. The number of hydrogen-bond donors (Lipinski definition) is 2. The summed E-state index contributed by atoms with van der Waals surface area (Å²) < 4.78 is 0. The molecule has 0 fully saturated rings. The molecule has 2 aromatic rings. The summed E-state index contributed by atoms with van der Waals surface area (Å²) in [6, 6.07) is 12.9. The lowest BCUT2D eigenvalue weighted by Gasteiger charge is -2.11. The van der Waals surface area contributed by atoms with Gasteiger partial charge in [0, 0.05) is 6.42 Å². The zero-order chi connectivity index (χ0) is 14.5. The summed E-state index contributed by atoms with van der Waals surface area (Å²) in [5, 5.41) is 19.1. The minimum Gasteiger partial charge on any atom is -0.507 e. The van der Waals surface area contributed by atoms with Gasteiger partial charge in [0.25, 0.3) is 0 Å². The Hall–Kier alpha value is -2.29. The van der Waals surface area contributed by atoms with Crippen LogP contribution in [-0.2, 0) is 12.8 Å². The van der Waals surface area contributed by atoms with Gasteiger partial charge in [-0.1, -0.05) is 49.7 Å². The van der Waals surface area contributed by atoms with E-state index in [4.69, 9.17) is 5.11 Å². The van der Waals surface area contributed by atoms with Crippen molar-refractivity contribution in [1.29, 1.82) is 0 Å². The van der Waals surface area contributed by atoms with Crippen molar-refractivity contribution < 1.29 is 15.0 Å². The fourth-order valence-corrected chi connectivity index (χ4v) is 2.35. The molecule has 0 aliphatic rings. The molecule has 2 N–H and O–H groups in total. The van der Waals surface area contributed by atoms with Crippen LogP contribution >= 0.6 is 0 Å². The number of hydrogen-bond acceptors (Lipinski definition) is 2. The Bertz CT molecular complexity index is 617. The number of aromatic carboxylic acids is 1. The first-order chi connectivity index (χ1) is 9.63. The number of phenols is 1. The Balaban J connectivity index is 2.35. The van der Waals surface area contributed by atoms with Crippen LogP contribution in [0.25, 0.3) is 0 Å². The highest BCUT2D eigenvalue weighted by Crippen LogP contribution is 2.26. The van der Waals surface area contributed by atoms with Crippen molar-refractivity contribution in [3.8, 4) is 5.75 Å². The molecule has 0 atom stereocenters. The van der Waals surface area contributed by atoms with Crippen LogP contribution in [0.15, 0.2) is 42.5 Å². The summed E-state index contributed by atoms with van der Waals surface area (Å²) in [4.78, 5) is 11.0. The molecule has 0 heterocycles. The zero-order valence-corrected chi connectivity index (χ0v) is 11.5. The standard InChI is InChI=1S/C17H18O3/c1-2-6-12-7-3-4-8-13(12)11-14-9-5-10-15(16(14)18)17(19)20/h3-5,7-10,18H,2,6,11H2,1H3,(H,19,20). The minimum atomic E-state index is -1.11. The van der Waals surface area contributed by atoms with E-state index in [0.29, 0.717) is 12.0 Å². The lowest BCUT2D eigenvalue weighted by atomic mass is 9.95. The van der Waals surface area contributed by atoms with Gasteiger partial charge in [-0.25, -0.2) is 4.79 Å². The smallest absolute Gasteiger partial charge is 0.339 e. The number of carboxylic acid groups (broad SMARTS) is 1. The Morgan fingerprint density at radius 1 is 1.00 bits per heavy atom. The van der Waals surface area contributed by atoms with Crippen LogP contribution < -0.4 is 0 Å². The average molecular weight is 270 g/mol. The molecule has 0 unspecified atom stereocenters. The minimum absolute atomic E-state index is 0.0459. The molecule has 0 aromatic heterocycles. The molecule has 2 rings (SSSR count). The van der Waals surface area contributed by atoms with Crippen molar-refractivity contribution in [3.05, 3.63) is 64.7 Å². The predicted molar refractivity (Wildman–Crippen MR) is 78.3 cm³/mol. The SMILES string of the molecule is CCCc1ccccc1Cc1cccc(C(=O)O)c1O. The number of rotatable bonds is 5. The number of aryl methyl sites for hydroxylation is 1. The van der Waals surface area contributed by atoms with Gasteiger partial charge in [0.15, 0.2) is 0 Å². The second-order valence-corrected chi connectivity index (χ2v) is 4.81. The highest BCUT2D eigenvalue weighted by molar-refractivity contribution is 5.91. The Kier molecular flexibility index (Phi) is 4.41. The van der Waals surface area contributed by atoms with Crippen molar-refractivity contribution in [1.82, 2.24) is 0 Å². The molecule has 0 spiro atoms. The third kappa shape index (κ3) is 2.99. The summed E-state index contributed by atoms with van der Waals surface area (Å²) in [7, 11) is 0. The summed E-state index contributed by atoms with van der Waals surface area (Å²) in [5.74, 6) is -1.24. The Morgan fingerprint density at radius 2 is 1.65 bits per heavy atom. The van der Waals surface area contributed by atoms with E-state index in [-0.39, 0.29) is 11.3 Å². The topological polar surface area (TPSA) is 57.5 Å². The molecular weight excluding hydrogens is 252 g/mol. The van der Waals surface area contributed by atoms with E-state index in [9.17, 15) is 9.90 Å². The third-order valence-electron chi connectivity index (χ3n) is 3.37. The molecule has 0 saturated carbocycles. The fraction of sp³-hybridized carbons (Fsp3) is 0.235. The molecule has 3 heteroatoms. The van der Waals surface area contributed by atoms with Crippen molar-refractivity contribution >= 4 is 5.97 Å². The van der Waals surface area contributed by atoms with E-state index >= 15 is 0 Å². The quantitative estimate of drug-likeness (QED) is 0.872. The predicted octanol–water partition coefficient (Wildman–Crippen LogP) is 3.63. The van der Waals surface area contributed by atoms with Gasteiger partial charge < -0.3 is 10.2 Å². The summed E-state index contributed by atoms with van der Waals surface area (Å²) in [6.45, 7) is 2.12. The van der Waals surface area contributed by atoms with E-state index in [2.05, 4.69) is 13.0 Å². The van der Waals surface area contributed by atoms with E-state index in [1.165, 1.54) is 11.6 Å². The highest BCUT2D eigenvalue weighted by atomic mass is 16.4. The van der Waals surface area contributed by atoms with E-state index in [0.717, 1.165) is 18.4 Å². The molecular formula is C17H18O3. The molecule has 3 nitrogen and oxygen atoms in total. The summed E-state index contributed by atoms with van der Waals surface area (Å²) in [5.41, 5.74) is 2.98. The Morgan fingerprint density at radius 3 is 2.30 bits per heavy atom. The van der Waals surface area contributed by atoms with Crippen molar-refractivity contribution in [2.45, 2.75) is 26.2 Å². The van der Waals surface area contributed by atoms with E-state index in [1.54, 1.807) is 12.1 Å².